The van der Waals surface area contributed by atoms with Gasteiger partial charge in [-0.1, -0.05) is 12.2 Å². The first kappa shape index (κ1) is 22.1. The van der Waals surface area contributed by atoms with Crippen LogP contribution in [0, 0.1) is 5.92 Å². The van der Waals surface area contributed by atoms with Crippen LogP contribution in [0.3, 0.4) is 0 Å². The average molecular weight is 447 g/mol. The lowest BCUT2D eigenvalue weighted by Gasteiger charge is -2.18. The summed E-state index contributed by atoms with van der Waals surface area (Å²) in [4.78, 5) is 50.7. The van der Waals surface area contributed by atoms with E-state index >= 15 is 0 Å². The first-order chi connectivity index (χ1) is 12.3. The molecular formula is C10H16N3O11P3. The van der Waals surface area contributed by atoms with Crippen molar-refractivity contribution in [3.63, 3.8) is 0 Å². The number of allylic oxidation sites excluding steroid dienone is 1. The summed E-state index contributed by atoms with van der Waals surface area (Å²) < 4.78 is 46.5. The van der Waals surface area contributed by atoms with Crippen molar-refractivity contribution in [2.24, 2.45) is 5.92 Å². The van der Waals surface area contributed by atoms with E-state index < -0.39 is 47.7 Å². The molecule has 17 heteroatoms. The Labute approximate surface area is 151 Å². The van der Waals surface area contributed by atoms with Crippen LogP contribution in [-0.4, -0.2) is 35.7 Å². The minimum atomic E-state index is -5.55. The van der Waals surface area contributed by atoms with Gasteiger partial charge in [0.15, 0.2) is 0 Å². The van der Waals surface area contributed by atoms with Crippen molar-refractivity contribution in [3.8, 4) is 0 Å². The summed E-state index contributed by atoms with van der Waals surface area (Å²) in [6.07, 6.45) is 4.92. The van der Waals surface area contributed by atoms with E-state index in [9.17, 15) is 23.4 Å². The molecule has 1 aliphatic carbocycles. The van der Waals surface area contributed by atoms with E-state index in [2.05, 4.69) is 18.1 Å². The molecule has 0 saturated heterocycles. The molecule has 2 unspecified atom stereocenters. The van der Waals surface area contributed by atoms with Gasteiger partial charge in [-0.25, -0.2) is 18.5 Å². The van der Waals surface area contributed by atoms with Gasteiger partial charge in [0.25, 0.3) is 0 Å². The fourth-order valence-electron chi connectivity index (χ4n) is 2.25. The third-order valence-corrected chi connectivity index (χ3v) is 7.03. The van der Waals surface area contributed by atoms with Crippen molar-refractivity contribution in [1.29, 1.82) is 0 Å². The molecule has 0 bridgehead atoms. The van der Waals surface area contributed by atoms with E-state index in [4.69, 9.17) is 20.4 Å². The van der Waals surface area contributed by atoms with Crippen molar-refractivity contribution in [3.05, 3.63) is 34.9 Å². The monoisotopic (exact) mass is 447 g/mol. The molecule has 0 aliphatic heterocycles. The van der Waals surface area contributed by atoms with Crippen LogP contribution in [0.15, 0.2) is 29.2 Å². The SMILES string of the molecule is Nc1ccn([C@H]2C=C[C@@H](COP(=O)(O)OP(=O)(O)OP(=O)(O)O)C2)c(=O)n1. The Balaban J connectivity index is 1.92. The molecule has 1 aliphatic rings. The Bertz CT molecular complexity index is 924. The fourth-order valence-corrected chi connectivity index (χ4v) is 5.33. The van der Waals surface area contributed by atoms with Gasteiger partial charge in [0.1, 0.15) is 5.82 Å². The molecule has 0 fully saturated rings. The number of aromatic nitrogens is 2. The molecule has 0 radical (unpaired) electrons. The van der Waals surface area contributed by atoms with E-state index in [1.165, 1.54) is 16.8 Å². The molecule has 1 heterocycles. The second kappa shape index (κ2) is 8.06. The molecule has 0 spiro atoms. The van der Waals surface area contributed by atoms with Gasteiger partial charge in [0.2, 0.25) is 0 Å². The summed E-state index contributed by atoms with van der Waals surface area (Å²) in [6.45, 7) is -0.451. The summed E-state index contributed by atoms with van der Waals surface area (Å²) in [7, 11) is -16.2. The summed E-state index contributed by atoms with van der Waals surface area (Å²) in [5.74, 6) is -0.410. The van der Waals surface area contributed by atoms with Crippen LogP contribution in [-0.2, 0) is 26.8 Å². The first-order valence-corrected chi connectivity index (χ1v) is 11.6. The number of anilines is 1. The van der Waals surface area contributed by atoms with Crippen LogP contribution < -0.4 is 11.4 Å². The number of hydrogen-bond donors (Lipinski definition) is 5. The van der Waals surface area contributed by atoms with Crippen LogP contribution >= 0.6 is 23.5 Å². The highest BCUT2D eigenvalue weighted by atomic mass is 31.3. The second-order valence-electron chi connectivity index (χ2n) is 5.38. The van der Waals surface area contributed by atoms with E-state index in [0.29, 0.717) is 0 Å². The molecule has 0 aromatic carbocycles. The quantitative estimate of drug-likeness (QED) is 0.267. The van der Waals surface area contributed by atoms with Crippen LogP contribution in [0.25, 0.3) is 0 Å². The Hall–Kier alpha value is -1.17. The predicted molar refractivity (Wildman–Crippen MR) is 89.0 cm³/mol. The maximum Gasteiger partial charge on any atom is 0.490 e. The van der Waals surface area contributed by atoms with Crippen molar-refractivity contribution in [2.75, 3.05) is 12.3 Å². The first-order valence-electron chi connectivity index (χ1n) is 7.08. The van der Waals surface area contributed by atoms with E-state index in [1.807, 2.05) is 0 Å². The molecule has 0 amide bonds. The van der Waals surface area contributed by atoms with Crippen molar-refractivity contribution < 1.29 is 46.4 Å². The zero-order valence-electron chi connectivity index (χ0n) is 13.3. The van der Waals surface area contributed by atoms with Gasteiger partial charge in [-0.2, -0.15) is 13.6 Å². The van der Waals surface area contributed by atoms with Gasteiger partial charge >= 0.3 is 29.2 Å². The number of phosphoric acid groups is 3. The van der Waals surface area contributed by atoms with Gasteiger partial charge in [-0.15, -0.1) is 0 Å². The average Bonchev–Trinajstić information content (AvgIpc) is 2.90. The predicted octanol–water partition coefficient (Wildman–Crippen LogP) is 0.286. The minimum Gasteiger partial charge on any atom is -0.383 e. The van der Waals surface area contributed by atoms with Gasteiger partial charge in [-0.05, 0) is 12.5 Å². The second-order valence-corrected chi connectivity index (χ2v) is 9.80. The molecule has 6 N–H and O–H groups in total. The summed E-state index contributed by atoms with van der Waals surface area (Å²) in [5.41, 5.74) is 4.82. The van der Waals surface area contributed by atoms with Gasteiger partial charge < -0.3 is 25.3 Å². The van der Waals surface area contributed by atoms with Crippen molar-refractivity contribution >= 4 is 29.3 Å². The number of phosphoric ester groups is 1. The Kier molecular flexibility index (Phi) is 6.60. The smallest absolute Gasteiger partial charge is 0.383 e. The highest BCUT2D eigenvalue weighted by Gasteiger charge is 2.41. The van der Waals surface area contributed by atoms with Crippen molar-refractivity contribution in [2.45, 2.75) is 12.5 Å². The Morgan fingerprint density at radius 2 is 1.81 bits per heavy atom. The number of nitrogens with two attached hydrogens (primary N) is 1. The Morgan fingerprint density at radius 3 is 2.41 bits per heavy atom. The number of nitrogen functional groups attached to an aromatic ring is 1. The maximum atomic E-state index is 11.8. The molecule has 27 heavy (non-hydrogen) atoms. The number of rotatable bonds is 8. The topological polar surface area (TPSA) is 221 Å². The molecule has 1 aromatic heterocycles. The molecule has 1 aromatic rings. The molecule has 152 valence electrons. The van der Waals surface area contributed by atoms with Gasteiger partial charge in [0, 0.05) is 12.1 Å². The van der Waals surface area contributed by atoms with Gasteiger partial charge in [-0.3, -0.25) is 9.09 Å². The molecular weight excluding hydrogens is 431 g/mol. The summed E-state index contributed by atoms with van der Waals surface area (Å²) in [6, 6.07) is 1.01. The van der Waals surface area contributed by atoms with E-state index in [1.54, 1.807) is 12.2 Å². The highest BCUT2D eigenvalue weighted by Crippen LogP contribution is 2.66. The van der Waals surface area contributed by atoms with Gasteiger partial charge in [0.05, 0.1) is 12.6 Å². The van der Waals surface area contributed by atoms with Crippen LogP contribution in [0.2, 0.25) is 0 Å². The lowest BCUT2D eigenvalue weighted by Crippen LogP contribution is -2.26. The molecule has 4 atom stereocenters. The highest BCUT2D eigenvalue weighted by molar-refractivity contribution is 7.66. The van der Waals surface area contributed by atoms with Crippen LogP contribution in [0.5, 0.6) is 0 Å². The lowest BCUT2D eigenvalue weighted by atomic mass is 10.1. The van der Waals surface area contributed by atoms with Crippen LogP contribution in [0.1, 0.15) is 12.5 Å². The molecule has 14 nitrogen and oxygen atoms in total. The van der Waals surface area contributed by atoms with Crippen LogP contribution in [0.4, 0.5) is 5.82 Å². The zero-order chi connectivity index (χ0) is 20.5. The normalized spacial score (nSPS) is 24.4. The summed E-state index contributed by atoms with van der Waals surface area (Å²) >= 11 is 0. The largest absolute Gasteiger partial charge is 0.490 e. The third kappa shape index (κ3) is 7.05. The third-order valence-electron chi connectivity index (χ3n) is 3.23. The zero-order valence-corrected chi connectivity index (χ0v) is 16.0. The van der Waals surface area contributed by atoms with E-state index in [0.717, 1.165) is 0 Å². The number of hydrogen-bond acceptors (Lipinski definition) is 9. The summed E-state index contributed by atoms with van der Waals surface area (Å²) in [5, 5.41) is 0. The maximum absolute atomic E-state index is 11.8. The number of nitrogens with zero attached hydrogens (tertiary/aromatic N) is 2. The van der Waals surface area contributed by atoms with Crippen molar-refractivity contribution in [1.82, 2.24) is 9.55 Å². The minimum absolute atomic E-state index is 0.0578. The standard InChI is InChI=1S/C10H16N3O11P3/c11-9-3-4-13(10(14)12-9)8-2-1-7(5-8)6-22-26(18,19)24-27(20,21)23-25(15,16)17/h1-4,7-8H,5-6H2,(H,18,19)(H,20,21)(H2,11,12,14)(H2,15,16,17)/t7-,8+/m1/s1. The van der Waals surface area contributed by atoms with E-state index in [-0.39, 0.29) is 12.2 Å². The molecule has 0 saturated carbocycles. The lowest BCUT2D eigenvalue weighted by molar-refractivity contribution is 0.159. The Morgan fingerprint density at radius 1 is 1.15 bits per heavy atom. The fraction of sp³-hybridized carbons (Fsp3) is 0.400. The molecule has 2 rings (SSSR count).